The van der Waals surface area contributed by atoms with Gasteiger partial charge in [0.05, 0.1) is 23.5 Å². The second-order valence-corrected chi connectivity index (χ2v) is 11.6. The topological polar surface area (TPSA) is 53.0 Å². The van der Waals surface area contributed by atoms with Gasteiger partial charge < -0.3 is 14.7 Å². The lowest BCUT2D eigenvalue weighted by molar-refractivity contribution is -0.168. The summed E-state index contributed by atoms with van der Waals surface area (Å²) in [6, 6.07) is 6.43. The number of amides is 1. The monoisotopic (exact) mass is 492 g/mol. The van der Waals surface area contributed by atoms with E-state index in [0.29, 0.717) is 6.61 Å². The molecule has 1 amide bonds. The number of aliphatic hydroxyl groups is 1. The molecule has 3 aliphatic carbocycles. The van der Waals surface area contributed by atoms with Crippen LogP contribution in [0.15, 0.2) is 59.9 Å². The van der Waals surface area contributed by atoms with Crippen molar-refractivity contribution in [3.8, 4) is 0 Å². The van der Waals surface area contributed by atoms with Crippen molar-refractivity contribution in [2.45, 2.75) is 63.1 Å². The first-order chi connectivity index (χ1) is 17.3. The second kappa shape index (κ2) is 8.56. The number of likely N-dealkylation sites (tertiary alicyclic amines) is 1. The molecule has 5 nitrogen and oxygen atoms in total. The van der Waals surface area contributed by atoms with Crippen LogP contribution < -0.4 is 0 Å². The largest absolute Gasteiger partial charge is 0.513 e. The van der Waals surface area contributed by atoms with Crippen LogP contribution in [0.25, 0.3) is 0 Å². The van der Waals surface area contributed by atoms with E-state index < -0.39 is 5.82 Å². The summed E-state index contributed by atoms with van der Waals surface area (Å²) in [5.41, 5.74) is 1.79. The molecule has 1 aromatic carbocycles. The lowest BCUT2D eigenvalue weighted by atomic mass is 9.46. The molecule has 5 atom stereocenters. The van der Waals surface area contributed by atoms with Crippen LogP contribution in [0.4, 0.5) is 4.39 Å². The number of piperidine rings is 1. The highest BCUT2D eigenvalue weighted by molar-refractivity contribution is 5.94. The second-order valence-electron chi connectivity index (χ2n) is 11.6. The van der Waals surface area contributed by atoms with Gasteiger partial charge in [0.15, 0.2) is 0 Å². The first-order valence-electron chi connectivity index (χ1n) is 13.5. The zero-order valence-corrected chi connectivity index (χ0v) is 21.4. The summed E-state index contributed by atoms with van der Waals surface area (Å²) >= 11 is 0. The smallest absolute Gasteiger partial charge is 0.256 e. The van der Waals surface area contributed by atoms with Gasteiger partial charge in [-0.3, -0.25) is 9.69 Å². The zero-order chi connectivity index (χ0) is 25.2. The number of carbonyl (C=O) groups is 1. The van der Waals surface area contributed by atoms with Crippen molar-refractivity contribution in [2.75, 3.05) is 26.7 Å². The van der Waals surface area contributed by atoms with Crippen LogP contribution in [-0.2, 0) is 4.74 Å². The average Bonchev–Trinajstić information content (AvgIpc) is 3.64. The van der Waals surface area contributed by atoms with Gasteiger partial charge in [0.25, 0.3) is 5.91 Å². The minimum Gasteiger partial charge on any atom is -0.513 e. The minimum atomic E-state index is -0.486. The van der Waals surface area contributed by atoms with Crippen LogP contribution in [-0.4, -0.2) is 65.2 Å². The van der Waals surface area contributed by atoms with Crippen molar-refractivity contribution < 1.29 is 19.0 Å². The Labute approximate surface area is 213 Å². The molecule has 6 rings (SSSR count). The molecule has 0 aromatic heterocycles. The number of ether oxygens (including phenoxy) is 1. The summed E-state index contributed by atoms with van der Waals surface area (Å²) < 4.78 is 21.5. The molecule has 5 aliphatic rings. The predicted molar refractivity (Wildman–Crippen MR) is 137 cm³/mol. The van der Waals surface area contributed by atoms with Crippen LogP contribution in [0.3, 0.4) is 0 Å². The maximum atomic E-state index is 14.5. The first-order valence-corrected chi connectivity index (χ1v) is 13.5. The molecule has 2 saturated heterocycles. The lowest BCUT2D eigenvalue weighted by Crippen LogP contribution is -2.72. The van der Waals surface area contributed by atoms with Crippen LogP contribution in [0, 0.1) is 23.1 Å². The molecule has 0 spiro atoms. The van der Waals surface area contributed by atoms with E-state index in [2.05, 4.69) is 11.5 Å². The van der Waals surface area contributed by atoms with Crippen LogP contribution in [0.5, 0.6) is 0 Å². The SMILES string of the molecule is C=CC1=C(/C=C(\C)O)C23CCN(CC4CC4)C(C1)C21CCC(N(C)C(=O)c2ccccc2F)C3CO1. The Bertz CT molecular complexity index is 1150. The Hall–Kier alpha value is -2.44. The van der Waals surface area contributed by atoms with Gasteiger partial charge in [-0.25, -0.2) is 4.39 Å². The molecule has 2 aliphatic heterocycles. The van der Waals surface area contributed by atoms with Crippen molar-refractivity contribution in [3.05, 3.63) is 71.3 Å². The van der Waals surface area contributed by atoms with E-state index in [1.165, 1.54) is 24.5 Å². The fourth-order valence-corrected chi connectivity index (χ4v) is 8.22. The summed E-state index contributed by atoms with van der Waals surface area (Å²) in [4.78, 5) is 17.9. The molecule has 2 saturated carbocycles. The van der Waals surface area contributed by atoms with Gasteiger partial charge in [-0.1, -0.05) is 24.8 Å². The van der Waals surface area contributed by atoms with Gasteiger partial charge in [-0.2, -0.15) is 0 Å². The van der Waals surface area contributed by atoms with E-state index >= 15 is 0 Å². The first kappa shape index (κ1) is 23.9. The van der Waals surface area contributed by atoms with Gasteiger partial charge in [-0.15, -0.1) is 0 Å². The van der Waals surface area contributed by atoms with Gasteiger partial charge in [0, 0.05) is 37.0 Å². The van der Waals surface area contributed by atoms with Gasteiger partial charge in [0.2, 0.25) is 0 Å². The van der Waals surface area contributed by atoms with Crippen molar-refractivity contribution in [1.29, 1.82) is 0 Å². The summed E-state index contributed by atoms with van der Waals surface area (Å²) in [6.45, 7) is 8.58. The van der Waals surface area contributed by atoms with Crippen LogP contribution >= 0.6 is 0 Å². The summed E-state index contributed by atoms with van der Waals surface area (Å²) in [5.74, 6) is 0.378. The Morgan fingerprint density at radius 3 is 2.78 bits per heavy atom. The Morgan fingerprint density at radius 1 is 1.31 bits per heavy atom. The highest BCUT2D eigenvalue weighted by atomic mass is 19.1. The van der Waals surface area contributed by atoms with E-state index in [1.807, 2.05) is 19.2 Å². The summed E-state index contributed by atoms with van der Waals surface area (Å²) in [6.07, 6.45) is 10.0. The van der Waals surface area contributed by atoms with Gasteiger partial charge in [0.1, 0.15) is 5.82 Å². The van der Waals surface area contributed by atoms with Crippen LogP contribution in [0.1, 0.15) is 55.8 Å². The van der Waals surface area contributed by atoms with Crippen molar-refractivity contribution >= 4 is 5.91 Å². The zero-order valence-electron chi connectivity index (χ0n) is 21.4. The molecule has 6 heteroatoms. The fraction of sp³-hybridized carbons (Fsp3) is 0.567. The van der Waals surface area contributed by atoms with E-state index in [9.17, 15) is 14.3 Å². The Kier molecular flexibility index (Phi) is 5.69. The third-order valence-corrected chi connectivity index (χ3v) is 9.91. The number of aliphatic hydroxyl groups excluding tert-OH is 1. The number of nitrogens with zero attached hydrogens (tertiary/aromatic N) is 2. The minimum absolute atomic E-state index is 0.0680. The van der Waals surface area contributed by atoms with E-state index in [1.54, 1.807) is 30.0 Å². The molecule has 4 fully saturated rings. The number of hydrogen-bond donors (Lipinski definition) is 1. The number of allylic oxidation sites excluding steroid dienone is 3. The van der Waals surface area contributed by atoms with Crippen molar-refractivity contribution in [3.63, 3.8) is 0 Å². The lowest BCUT2D eigenvalue weighted by Gasteiger charge is -2.65. The summed E-state index contributed by atoms with van der Waals surface area (Å²) in [7, 11) is 1.81. The predicted octanol–water partition coefficient (Wildman–Crippen LogP) is 5.26. The van der Waals surface area contributed by atoms with Crippen molar-refractivity contribution in [2.24, 2.45) is 17.3 Å². The van der Waals surface area contributed by atoms with Crippen LogP contribution in [0.2, 0.25) is 0 Å². The Morgan fingerprint density at radius 2 is 2.08 bits per heavy atom. The molecule has 5 unspecified atom stereocenters. The van der Waals surface area contributed by atoms with E-state index in [-0.39, 0.29) is 46.2 Å². The number of halogens is 1. The standard InChI is InChI=1S/C30H37FN2O3/c1-4-21-16-27-30-12-11-26(32(3)28(35)22-7-5-6-8-25(22)31)24(18-36-30)29(30,23(21)15-19(2)34)13-14-33(27)17-20-9-10-20/h4-8,15,20,24,26-27,34H,1,9-14,16-18H2,2-3H3/b19-15+. The third-order valence-electron chi connectivity index (χ3n) is 9.91. The van der Waals surface area contributed by atoms with E-state index in [4.69, 9.17) is 4.74 Å². The number of carbonyl (C=O) groups excluding carboxylic acids is 1. The maximum absolute atomic E-state index is 14.5. The fourth-order valence-electron chi connectivity index (χ4n) is 8.22. The normalized spacial score (nSPS) is 36.0. The van der Waals surface area contributed by atoms with Gasteiger partial charge in [-0.05, 0) is 87.3 Å². The molecule has 4 bridgehead atoms. The number of hydrogen-bond acceptors (Lipinski definition) is 4. The van der Waals surface area contributed by atoms with E-state index in [0.717, 1.165) is 50.3 Å². The number of rotatable bonds is 6. The average molecular weight is 493 g/mol. The molecule has 0 radical (unpaired) electrons. The quantitative estimate of drug-likeness (QED) is 0.550. The molecular formula is C30H37FN2O3. The molecular weight excluding hydrogens is 455 g/mol. The van der Waals surface area contributed by atoms with Crippen molar-refractivity contribution in [1.82, 2.24) is 9.80 Å². The summed E-state index contributed by atoms with van der Waals surface area (Å²) in [5, 5.41) is 10.4. The third kappa shape index (κ3) is 3.30. The highest BCUT2D eigenvalue weighted by Crippen LogP contribution is 2.69. The maximum Gasteiger partial charge on any atom is 0.256 e. The molecule has 1 aromatic rings. The Balaban J connectivity index is 1.44. The highest BCUT2D eigenvalue weighted by Gasteiger charge is 2.73. The molecule has 1 N–H and O–H groups in total. The molecule has 192 valence electrons. The molecule has 2 heterocycles. The number of benzene rings is 1. The van der Waals surface area contributed by atoms with Gasteiger partial charge >= 0.3 is 0 Å². The molecule has 36 heavy (non-hydrogen) atoms.